The summed E-state index contributed by atoms with van der Waals surface area (Å²) < 4.78 is 6.13. The van der Waals surface area contributed by atoms with Crippen LogP contribution in [0.25, 0.3) is 11.4 Å². The van der Waals surface area contributed by atoms with E-state index in [9.17, 15) is 5.26 Å². The van der Waals surface area contributed by atoms with Gasteiger partial charge in [0.2, 0.25) is 5.95 Å². The highest BCUT2D eigenvalue weighted by molar-refractivity contribution is 7.16. The fourth-order valence-corrected chi connectivity index (χ4v) is 7.16. The van der Waals surface area contributed by atoms with Crippen LogP contribution >= 0.6 is 11.3 Å². The van der Waals surface area contributed by atoms with Crippen LogP contribution in [-0.4, -0.2) is 40.8 Å². The first-order valence-corrected chi connectivity index (χ1v) is 12.6. The first-order chi connectivity index (χ1) is 16.1. The highest BCUT2D eigenvalue weighted by Crippen LogP contribution is 2.55. The van der Waals surface area contributed by atoms with E-state index in [0.717, 1.165) is 92.4 Å². The zero-order valence-electron chi connectivity index (χ0n) is 18.7. The van der Waals surface area contributed by atoms with E-state index < -0.39 is 0 Å². The van der Waals surface area contributed by atoms with Crippen molar-refractivity contribution >= 4 is 22.3 Å². The Balaban J connectivity index is 1.45. The molecule has 170 valence electrons. The van der Waals surface area contributed by atoms with Gasteiger partial charge in [-0.2, -0.15) is 5.26 Å². The molecule has 3 aromatic heterocycles. The van der Waals surface area contributed by atoms with Crippen molar-refractivity contribution in [1.82, 2.24) is 20.4 Å². The van der Waals surface area contributed by atoms with Crippen LogP contribution in [0.5, 0.6) is 0 Å². The molecule has 2 atom stereocenters. The first kappa shape index (κ1) is 20.6. The molecule has 6 rings (SSSR count). The maximum atomic E-state index is 9.89. The number of aromatic nitrogens is 3. The standard InChI is InChI=1S/C24H27N7OS/c1-14-13-27-10-11-31(14)23-28-9-6-17(29-23)20-15-4-2-7-24(21(15)32-30-20)8-3-5-18-19(24)16(12-25)22(26)33-18/h6,9,14,27H,2-5,7-8,10-11,13,26H2,1H3/t14-,24-/m0/s1. The molecule has 0 aromatic carbocycles. The second kappa shape index (κ2) is 7.82. The number of rotatable bonds is 2. The predicted molar refractivity (Wildman–Crippen MR) is 127 cm³/mol. The molecule has 0 unspecified atom stereocenters. The van der Waals surface area contributed by atoms with E-state index in [0.29, 0.717) is 16.6 Å². The highest BCUT2D eigenvalue weighted by atomic mass is 32.1. The predicted octanol–water partition coefficient (Wildman–Crippen LogP) is 3.40. The minimum absolute atomic E-state index is 0.311. The summed E-state index contributed by atoms with van der Waals surface area (Å²) in [4.78, 5) is 12.9. The van der Waals surface area contributed by atoms with Crippen LogP contribution < -0.4 is 16.0 Å². The SMILES string of the molecule is C[C@H]1CNCCN1c1nccc(-c2noc3c2CCC[C@@]32CCCc3sc(N)c(C#N)c32)n1. The summed E-state index contributed by atoms with van der Waals surface area (Å²) in [5.74, 6) is 1.65. The van der Waals surface area contributed by atoms with E-state index in [1.807, 2.05) is 12.3 Å². The normalized spacial score (nSPS) is 24.4. The summed E-state index contributed by atoms with van der Waals surface area (Å²) in [7, 11) is 0. The second-order valence-corrected chi connectivity index (χ2v) is 10.5. The monoisotopic (exact) mass is 461 g/mol. The number of nitrogens with two attached hydrogens (primary N) is 1. The summed E-state index contributed by atoms with van der Waals surface area (Å²) in [6, 6.07) is 4.64. The number of nitrogen functional groups attached to an aromatic ring is 1. The van der Waals surface area contributed by atoms with E-state index in [2.05, 4.69) is 33.4 Å². The summed E-state index contributed by atoms with van der Waals surface area (Å²) in [5.41, 5.74) is 10.4. The maximum absolute atomic E-state index is 9.89. The minimum Gasteiger partial charge on any atom is -0.389 e. The van der Waals surface area contributed by atoms with Crippen LogP contribution in [0.4, 0.5) is 10.9 Å². The molecular weight excluding hydrogens is 434 g/mol. The summed E-state index contributed by atoms with van der Waals surface area (Å²) >= 11 is 1.57. The zero-order valence-corrected chi connectivity index (χ0v) is 19.5. The van der Waals surface area contributed by atoms with Crippen molar-refractivity contribution in [3.63, 3.8) is 0 Å². The molecule has 3 aliphatic rings. The van der Waals surface area contributed by atoms with Crippen molar-refractivity contribution in [3.05, 3.63) is 39.6 Å². The molecule has 3 N–H and O–H groups in total. The average molecular weight is 462 g/mol. The third kappa shape index (κ3) is 3.08. The Morgan fingerprint density at radius 2 is 2.18 bits per heavy atom. The van der Waals surface area contributed by atoms with Crippen LogP contribution in [0.1, 0.15) is 59.9 Å². The van der Waals surface area contributed by atoms with Gasteiger partial charge in [-0.05, 0) is 57.1 Å². The van der Waals surface area contributed by atoms with Gasteiger partial charge in [0.15, 0.2) is 5.76 Å². The van der Waals surface area contributed by atoms with E-state index in [1.165, 1.54) is 4.88 Å². The third-order valence-electron chi connectivity index (χ3n) is 7.50. The molecule has 1 spiro atoms. The van der Waals surface area contributed by atoms with E-state index in [1.54, 1.807) is 11.3 Å². The highest BCUT2D eigenvalue weighted by Gasteiger charge is 2.48. The fraction of sp³-hybridized carbons (Fsp3) is 0.500. The lowest BCUT2D eigenvalue weighted by atomic mass is 9.63. The summed E-state index contributed by atoms with van der Waals surface area (Å²) in [6.07, 6.45) is 7.69. The van der Waals surface area contributed by atoms with Crippen molar-refractivity contribution in [1.29, 1.82) is 5.26 Å². The zero-order chi connectivity index (χ0) is 22.6. The van der Waals surface area contributed by atoms with E-state index in [-0.39, 0.29) is 5.41 Å². The smallest absolute Gasteiger partial charge is 0.226 e. The van der Waals surface area contributed by atoms with Gasteiger partial charge in [0, 0.05) is 42.3 Å². The molecule has 2 aliphatic carbocycles. The number of hydrogen-bond donors (Lipinski definition) is 2. The number of aryl methyl sites for hydroxylation is 1. The molecule has 0 saturated carbocycles. The molecule has 0 radical (unpaired) electrons. The number of thiophene rings is 1. The number of nitrogens with zero attached hydrogens (tertiary/aromatic N) is 5. The van der Waals surface area contributed by atoms with Crippen LogP contribution in [0.3, 0.4) is 0 Å². The Kier molecular flexibility index (Phi) is 4.89. The van der Waals surface area contributed by atoms with Crippen molar-refractivity contribution in [2.75, 3.05) is 30.3 Å². The molecule has 0 amide bonds. The quantitative estimate of drug-likeness (QED) is 0.596. The van der Waals surface area contributed by atoms with Gasteiger partial charge in [-0.25, -0.2) is 9.97 Å². The Morgan fingerprint density at radius 3 is 3.00 bits per heavy atom. The summed E-state index contributed by atoms with van der Waals surface area (Å²) in [6.45, 7) is 4.91. The number of hydrogen-bond acceptors (Lipinski definition) is 9. The van der Waals surface area contributed by atoms with Gasteiger partial charge >= 0.3 is 0 Å². The molecular formula is C24H27N7OS. The van der Waals surface area contributed by atoms with Crippen LogP contribution in [0.15, 0.2) is 16.8 Å². The van der Waals surface area contributed by atoms with Crippen LogP contribution in [0.2, 0.25) is 0 Å². The number of nitriles is 1. The van der Waals surface area contributed by atoms with Gasteiger partial charge in [-0.3, -0.25) is 0 Å². The largest absolute Gasteiger partial charge is 0.389 e. The van der Waals surface area contributed by atoms with Crippen LogP contribution in [0, 0.1) is 11.3 Å². The molecule has 1 aliphatic heterocycles. The third-order valence-corrected chi connectivity index (χ3v) is 8.58. The topological polar surface area (TPSA) is 117 Å². The van der Waals surface area contributed by atoms with E-state index >= 15 is 0 Å². The Hall–Kier alpha value is -2.96. The molecule has 8 nitrogen and oxygen atoms in total. The molecule has 0 bridgehead atoms. The number of fused-ring (bicyclic) bond motifs is 4. The van der Waals surface area contributed by atoms with Gasteiger partial charge in [0.25, 0.3) is 0 Å². The number of nitrogens with one attached hydrogen (secondary N) is 1. The summed E-state index contributed by atoms with van der Waals surface area (Å²) in [5, 5.41) is 18.5. The Labute approximate surface area is 196 Å². The number of piperazine rings is 1. The molecule has 1 saturated heterocycles. The maximum Gasteiger partial charge on any atom is 0.226 e. The lowest BCUT2D eigenvalue weighted by Gasteiger charge is -2.39. The first-order valence-electron chi connectivity index (χ1n) is 11.7. The number of anilines is 2. The van der Waals surface area contributed by atoms with Crippen molar-refractivity contribution in [2.24, 2.45) is 0 Å². The minimum atomic E-state index is -0.311. The fourth-order valence-electron chi connectivity index (χ4n) is 6.00. The van der Waals surface area contributed by atoms with Gasteiger partial charge in [0.05, 0.1) is 16.7 Å². The molecule has 1 fully saturated rings. The second-order valence-electron chi connectivity index (χ2n) is 9.37. The molecule has 3 aromatic rings. The van der Waals surface area contributed by atoms with Gasteiger partial charge in [-0.1, -0.05) is 5.16 Å². The van der Waals surface area contributed by atoms with Gasteiger partial charge in [-0.15, -0.1) is 11.3 Å². The van der Waals surface area contributed by atoms with Gasteiger partial charge in [0.1, 0.15) is 16.8 Å². The molecule has 4 heterocycles. The Morgan fingerprint density at radius 1 is 1.33 bits per heavy atom. The lowest BCUT2D eigenvalue weighted by molar-refractivity contribution is 0.265. The van der Waals surface area contributed by atoms with Crippen molar-refractivity contribution in [3.8, 4) is 17.5 Å². The molecule has 33 heavy (non-hydrogen) atoms. The molecule has 9 heteroatoms. The van der Waals surface area contributed by atoms with Crippen molar-refractivity contribution in [2.45, 2.75) is 56.9 Å². The van der Waals surface area contributed by atoms with Crippen molar-refractivity contribution < 1.29 is 4.52 Å². The van der Waals surface area contributed by atoms with E-state index in [4.69, 9.17) is 15.2 Å². The Bertz CT molecular complexity index is 1250. The van der Waals surface area contributed by atoms with Crippen LogP contribution in [-0.2, 0) is 18.3 Å². The van der Waals surface area contributed by atoms with Gasteiger partial charge < -0.3 is 20.5 Å². The lowest BCUT2D eigenvalue weighted by Crippen LogP contribution is -2.50. The average Bonchev–Trinajstić information content (AvgIpc) is 3.41.